The molecule has 0 N–H and O–H groups in total. The second-order valence-corrected chi connectivity index (χ2v) is 13.2. The zero-order valence-corrected chi connectivity index (χ0v) is 28.6. The number of hydrogen-bond donors (Lipinski definition) is 0. The van der Waals surface area contributed by atoms with Crippen LogP contribution in [0.3, 0.4) is 0 Å². The van der Waals surface area contributed by atoms with Gasteiger partial charge in [-0.3, -0.25) is 0 Å². The van der Waals surface area contributed by atoms with Crippen molar-refractivity contribution in [2.45, 2.75) is 0 Å². The summed E-state index contributed by atoms with van der Waals surface area (Å²) in [5.74, 6) is 1.88. The highest BCUT2D eigenvalue weighted by atomic mass is 16.3. The van der Waals surface area contributed by atoms with Gasteiger partial charge in [-0.25, -0.2) is 15.0 Å². The smallest absolute Gasteiger partial charge is 0.164 e. The first-order valence-corrected chi connectivity index (χ1v) is 17.8. The minimum atomic E-state index is 0.616. The molecule has 0 saturated heterocycles. The van der Waals surface area contributed by atoms with E-state index in [0.717, 1.165) is 66.4 Å². The van der Waals surface area contributed by atoms with Gasteiger partial charge in [0.2, 0.25) is 0 Å². The number of nitrogens with zero attached hydrogens (tertiary/aromatic N) is 3. The lowest BCUT2D eigenvalue weighted by Crippen LogP contribution is -2.00. The first-order valence-electron chi connectivity index (χ1n) is 17.8. The van der Waals surface area contributed by atoms with E-state index in [1.807, 2.05) is 36.4 Å². The first kappa shape index (κ1) is 30.6. The molecule has 10 aromatic rings. The molecule has 2 aromatic heterocycles. The van der Waals surface area contributed by atoms with Crippen molar-refractivity contribution in [2.75, 3.05) is 0 Å². The molecule has 0 amide bonds. The lowest BCUT2D eigenvalue weighted by atomic mass is 9.95. The molecule has 4 heteroatoms. The van der Waals surface area contributed by atoms with Gasteiger partial charge in [0, 0.05) is 33.0 Å². The summed E-state index contributed by atoms with van der Waals surface area (Å²) in [6, 6.07) is 65.1. The van der Waals surface area contributed by atoms with Crippen molar-refractivity contribution in [1.29, 1.82) is 0 Å². The largest absolute Gasteiger partial charge is 0.455 e. The Morgan fingerprint density at radius 2 is 0.830 bits per heavy atom. The molecular weight excluding hydrogens is 647 g/mol. The zero-order valence-electron chi connectivity index (χ0n) is 28.6. The number of aromatic nitrogens is 3. The lowest BCUT2D eigenvalue weighted by Gasteiger charge is -2.10. The van der Waals surface area contributed by atoms with E-state index in [2.05, 4.69) is 152 Å². The van der Waals surface area contributed by atoms with E-state index in [4.69, 9.17) is 19.4 Å². The minimum Gasteiger partial charge on any atom is -0.455 e. The topological polar surface area (TPSA) is 51.8 Å². The lowest BCUT2D eigenvalue weighted by molar-refractivity contribution is 0.670. The van der Waals surface area contributed by atoms with Crippen LogP contribution >= 0.6 is 0 Å². The third-order valence-electron chi connectivity index (χ3n) is 9.93. The van der Waals surface area contributed by atoms with Crippen molar-refractivity contribution in [3.05, 3.63) is 188 Å². The highest BCUT2D eigenvalue weighted by molar-refractivity contribution is 6.15. The predicted octanol–water partition coefficient (Wildman–Crippen LogP) is 12.9. The zero-order chi connectivity index (χ0) is 35.1. The Balaban J connectivity index is 1.09. The van der Waals surface area contributed by atoms with Crippen molar-refractivity contribution in [2.24, 2.45) is 0 Å². The average molecular weight is 678 g/mol. The monoisotopic (exact) mass is 677 g/mol. The van der Waals surface area contributed by atoms with E-state index >= 15 is 0 Å². The van der Waals surface area contributed by atoms with Gasteiger partial charge in [-0.2, -0.15) is 0 Å². The quantitative estimate of drug-likeness (QED) is 0.176. The highest BCUT2D eigenvalue weighted by Crippen LogP contribution is 2.41. The molecule has 0 aliphatic carbocycles. The van der Waals surface area contributed by atoms with Gasteiger partial charge >= 0.3 is 0 Å². The Bertz CT molecular complexity index is 2930. The summed E-state index contributed by atoms with van der Waals surface area (Å²) in [5, 5.41) is 4.59. The Kier molecular flexibility index (Phi) is 7.43. The molecule has 8 aromatic carbocycles. The molecule has 0 saturated carbocycles. The maximum Gasteiger partial charge on any atom is 0.164 e. The number of para-hydroxylation sites is 1. The number of rotatable bonds is 6. The molecule has 53 heavy (non-hydrogen) atoms. The molecule has 0 unspecified atom stereocenters. The van der Waals surface area contributed by atoms with E-state index < -0.39 is 0 Å². The SMILES string of the molecule is c1ccc(-c2ccc(-c3nc(-c4ccccc4)nc(-c4cccc(-c5cccc6oc7c(-c8ccc9ccccc9c8)cccc7c56)c4)n3)cc2)cc1. The Hall–Kier alpha value is -7.17. The summed E-state index contributed by atoms with van der Waals surface area (Å²) in [4.78, 5) is 15.1. The molecule has 0 fully saturated rings. The molecule has 0 spiro atoms. The molecule has 4 nitrogen and oxygen atoms in total. The van der Waals surface area contributed by atoms with Crippen molar-refractivity contribution < 1.29 is 4.42 Å². The molecule has 248 valence electrons. The van der Waals surface area contributed by atoms with Gasteiger partial charge in [-0.15, -0.1) is 0 Å². The van der Waals surface area contributed by atoms with Crippen LogP contribution in [0.4, 0.5) is 0 Å². The van der Waals surface area contributed by atoms with E-state index in [9.17, 15) is 0 Å². The highest BCUT2D eigenvalue weighted by Gasteiger charge is 2.18. The van der Waals surface area contributed by atoms with Crippen LogP contribution in [0.25, 0.3) is 100 Å². The summed E-state index contributed by atoms with van der Waals surface area (Å²) in [6.45, 7) is 0. The summed E-state index contributed by atoms with van der Waals surface area (Å²) in [5.41, 5.74) is 11.2. The van der Waals surface area contributed by atoms with Gasteiger partial charge < -0.3 is 4.42 Å². The average Bonchev–Trinajstić information content (AvgIpc) is 3.63. The Morgan fingerprint density at radius 1 is 0.321 bits per heavy atom. The van der Waals surface area contributed by atoms with Crippen LogP contribution in [0.2, 0.25) is 0 Å². The second kappa shape index (κ2) is 12.9. The maximum absolute atomic E-state index is 6.66. The van der Waals surface area contributed by atoms with Crippen LogP contribution < -0.4 is 0 Å². The summed E-state index contributed by atoms with van der Waals surface area (Å²) < 4.78 is 6.66. The molecule has 0 atom stereocenters. The Labute approximate surface area is 306 Å². The van der Waals surface area contributed by atoms with Crippen molar-refractivity contribution in [3.63, 3.8) is 0 Å². The molecule has 0 bridgehead atoms. The third kappa shape index (κ3) is 5.63. The fourth-order valence-corrected chi connectivity index (χ4v) is 7.29. The van der Waals surface area contributed by atoms with Gasteiger partial charge in [0.1, 0.15) is 11.2 Å². The molecule has 2 heterocycles. The maximum atomic E-state index is 6.66. The molecule has 0 radical (unpaired) electrons. The van der Waals surface area contributed by atoms with Gasteiger partial charge in [-0.05, 0) is 56.8 Å². The first-order chi connectivity index (χ1) is 26.2. The van der Waals surface area contributed by atoms with Crippen LogP contribution in [0, 0.1) is 0 Å². The fraction of sp³-hybridized carbons (Fsp3) is 0. The van der Waals surface area contributed by atoms with Crippen LogP contribution in [0.15, 0.2) is 192 Å². The summed E-state index contributed by atoms with van der Waals surface area (Å²) in [6.07, 6.45) is 0. The van der Waals surface area contributed by atoms with E-state index in [0.29, 0.717) is 17.5 Å². The Morgan fingerprint density at radius 3 is 1.60 bits per heavy atom. The number of furan rings is 1. The third-order valence-corrected chi connectivity index (χ3v) is 9.93. The van der Waals surface area contributed by atoms with Crippen molar-refractivity contribution in [3.8, 4) is 67.5 Å². The van der Waals surface area contributed by atoms with Crippen LogP contribution in [-0.2, 0) is 0 Å². The van der Waals surface area contributed by atoms with Crippen molar-refractivity contribution >= 4 is 32.7 Å². The predicted molar refractivity (Wildman–Crippen MR) is 217 cm³/mol. The number of fused-ring (bicyclic) bond motifs is 4. The standard InChI is InChI=1S/C49H31N3O/c1-3-12-32(13-4-1)34-24-27-36(28-25-34)48-50-47(35-15-5-2-6-16-35)51-49(52-48)40-19-9-18-38(31-40)41-20-11-23-44-45(41)43-22-10-21-42(46(43)53-44)39-29-26-33-14-7-8-17-37(33)30-39/h1-31H. The second-order valence-electron chi connectivity index (χ2n) is 13.2. The van der Waals surface area contributed by atoms with Gasteiger partial charge in [0.05, 0.1) is 0 Å². The molecule has 0 aliphatic heterocycles. The van der Waals surface area contributed by atoms with E-state index in [1.54, 1.807) is 0 Å². The van der Waals surface area contributed by atoms with Crippen molar-refractivity contribution in [1.82, 2.24) is 15.0 Å². The van der Waals surface area contributed by atoms with E-state index in [-0.39, 0.29) is 0 Å². The van der Waals surface area contributed by atoms with Crippen LogP contribution in [0.5, 0.6) is 0 Å². The van der Waals surface area contributed by atoms with Gasteiger partial charge in [-0.1, -0.05) is 170 Å². The molecule has 0 aliphatic rings. The van der Waals surface area contributed by atoms with Crippen LogP contribution in [0.1, 0.15) is 0 Å². The molecular formula is C49H31N3O. The minimum absolute atomic E-state index is 0.616. The van der Waals surface area contributed by atoms with Gasteiger partial charge in [0.15, 0.2) is 17.5 Å². The molecule has 10 rings (SSSR count). The summed E-state index contributed by atoms with van der Waals surface area (Å²) >= 11 is 0. The van der Waals surface area contributed by atoms with E-state index in [1.165, 1.54) is 16.3 Å². The summed E-state index contributed by atoms with van der Waals surface area (Å²) in [7, 11) is 0. The van der Waals surface area contributed by atoms with Gasteiger partial charge in [0.25, 0.3) is 0 Å². The number of benzene rings is 8. The normalized spacial score (nSPS) is 11.4. The number of hydrogen-bond acceptors (Lipinski definition) is 4. The fourth-order valence-electron chi connectivity index (χ4n) is 7.29. The van der Waals surface area contributed by atoms with Crippen LogP contribution in [-0.4, -0.2) is 15.0 Å².